The molecule has 4 nitrogen and oxygen atoms in total. The van der Waals surface area contributed by atoms with Crippen molar-refractivity contribution < 1.29 is 14.3 Å². The van der Waals surface area contributed by atoms with Crippen molar-refractivity contribution in [2.45, 2.75) is 18.1 Å². The van der Waals surface area contributed by atoms with Gasteiger partial charge in [-0.2, -0.15) is 11.8 Å². The molecule has 0 spiro atoms. The van der Waals surface area contributed by atoms with Crippen LogP contribution < -0.4 is 10.1 Å². The Hall–Kier alpha value is -1.01. The molecule has 6 heteroatoms. The molecule has 1 unspecified atom stereocenters. The van der Waals surface area contributed by atoms with Gasteiger partial charge < -0.3 is 4.74 Å². The summed E-state index contributed by atoms with van der Waals surface area (Å²) in [6, 6.07) is 7.69. The van der Waals surface area contributed by atoms with E-state index in [0.717, 1.165) is 23.1 Å². The molecule has 0 aliphatic carbocycles. The fraction of sp³-hybridized carbons (Fsp3) is 0.429. The van der Waals surface area contributed by atoms with Gasteiger partial charge >= 0.3 is 0 Å². The maximum atomic E-state index is 11.6. The summed E-state index contributed by atoms with van der Waals surface area (Å²) < 4.78 is 5.56. The van der Waals surface area contributed by atoms with Gasteiger partial charge in [0.2, 0.25) is 12.3 Å². The van der Waals surface area contributed by atoms with E-state index in [1.165, 1.54) is 11.8 Å². The normalized spacial score (nSPS) is 11.7. The van der Waals surface area contributed by atoms with Crippen LogP contribution in [0.25, 0.3) is 0 Å². The van der Waals surface area contributed by atoms with E-state index in [1.54, 1.807) is 0 Å². The zero-order valence-electron chi connectivity index (χ0n) is 11.3. The Labute approximate surface area is 131 Å². The maximum Gasteiger partial charge on any atom is 0.239 e. The number of ether oxygens (including phenoxy) is 1. The summed E-state index contributed by atoms with van der Waals surface area (Å²) in [5.41, 5.74) is 1.04. The first-order valence-electron chi connectivity index (χ1n) is 6.25. The van der Waals surface area contributed by atoms with Gasteiger partial charge in [0.25, 0.3) is 0 Å². The van der Waals surface area contributed by atoms with Crippen molar-refractivity contribution in [3.05, 3.63) is 29.8 Å². The van der Waals surface area contributed by atoms with Crippen molar-refractivity contribution >= 4 is 40.0 Å². The third kappa shape index (κ3) is 5.96. The van der Waals surface area contributed by atoms with Crippen LogP contribution in [0, 0.1) is 0 Å². The highest BCUT2D eigenvalue weighted by atomic mass is 79.9. The first-order chi connectivity index (χ1) is 9.71. The highest BCUT2D eigenvalue weighted by Crippen LogP contribution is 2.18. The number of nitrogens with one attached hydrogen (secondary N) is 1. The monoisotopic (exact) mass is 359 g/mol. The number of imide groups is 1. The van der Waals surface area contributed by atoms with Crippen molar-refractivity contribution in [3.8, 4) is 5.75 Å². The van der Waals surface area contributed by atoms with Crippen LogP contribution in [0.15, 0.2) is 24.3 Å². The molecule has 0 radical (unpaired) electrons. The van der Waals surface area contributed by atoms with Gasteiger partial charge in [-0.05, 0) is 36.8 Å². The molecule has 0 heterocycles. The minimum Gasteiger partial charge on any atom is -0.494 e. The average Bonchev–Trinajstić information content (AvgIpc) is 2.46. The predicted octanol–water partition coefficient (Wildman–Crippen LogP) is 2.40. The Bertz CT molecular complexity index is 425. The Morgan fingerprint density at radius 1 is 1.45 bits per heavy atom. The van der Waals surface area contributed by atoms with Gasteiger partial charge in [-0.15, -0.1) is 0 Å². The number of rotatable bonds is 9. The van der Waals surface area contributed by atoms with E-state index in [0.29, 0.717) is 19.4 Å². The van der Waals surface area contributed by atoms with Crippen molar-refractivity contribution in [1.29, 1.82) is 0 Å². The Morgan fingerprint density at radius 3 is 2.70 bits per heavy atom. The lowest BCUT2D eigenvalue weighted by Crippen LogP contribution is -2.32. The molecule has 0 aromatic heterocycles. The lowest BCUT2D eigenvalue weighted by molar-refractivity contribution is -0.124. The Balaban J connectivity index is 2.54. The number of benzene rings is 1. The van der Waals surface area contributed by atoms with Crippen LogP contribution in [0.1, 0.15) is 12.0 Å². The van der Waals surface area contributed by atoms with Gasteiger partial charge in [-0.3, -0.25) is 14.9 Å². The average molecular weight is 360 g/mol. The topological polar surface area (TPSA) is 55.4 Å². The predicted molar refractivity (Wildman–Crippen MR) is 85.6 cm³/mol. The number of carbonyl (C=O) groups excluding carboxylic acids is 2. The number of amides is 2. The van der Waals surface area contributed by atoms with Gasteiger partial charge in [0.1, 0.15) is 5.75 Å². The highest BCUT2D eigenvalue weighted by molar-refractivity contribution is 9.09. The molecule has 110 valence electrons. The largest absolute Gasteiger partial charge is 0.494 e. The number of hydrogen-bond donors (Lipinski definition) is 1. The van der Waals surface area contributed by atoms with E-state index < -0.39 is 0 Å². The van der Waals surface area contributed by atoms with Gasteiger partial charge in [-0.25, -0.2) is 0 Å². The third-order valence-corrected chi connectivity index (χ3v) is 4.18. The van der Waals surface area contributed by atoms with Gasteiger partial charge in [0, 0.05) is 5.33 Å². The SMILES string of the molecule is CSC(Cc1ccc(OCCCBr)cc1)C(=O)NC=O. The molecule has 20 heavy (non-hydrogen) atoms. The first kappa shape index (κ1) is 17.0. The number of thioether (sulfide) groups is 1. The molecule has 1 rings (SSSR count). The second-order valence-electron chi connectivity index (χ2n) is 4.09. The van der Waals surface area contributed by atoms with Crippen LogP contribution in [0.2, 0.25) is 0 Å². The zero-order valence-corrected chi connectivity index (χ0v) is 13.7. The van der Waals surface area contributed by atoms with Gasteiger partial charge in [0.05, 0.1) is 11.9 Å². The summed E-state index contributed by atoms with van der Waals surface area (Å²) in [6.07, 6.45) is 3.82. The fourth-order valence-electron chi connectivity index (χ4n) is 1.61. The summed E-state index contributed by atoms with van der Waals surface area (Å²) in [6.45, 7) is 0.680. The molecule has 1 aromatic rings. The molecule has 0 saturated carbocycles. The Kier molecular flexibility index (Phi) is 8.37. The van der Waals surface area contributed by atoms with Crippen LogP contribution in [0.3, 0.4) is 0 Å². The van der Waals surface area contributed by atoms with Crippen molar-refractivity contribution in [2.75, 3.05) is 18.2 Å². The summed E-state index contributed by atoms with van der Waals surface area (Å²) in [5, 5.41) is 2.85. The summed E-state index contributed by atoms with van der Waals surface area (Å²) in [4.78, 5) is 21.9. The third-order valence-electron chi connectivity index (χ3n) is 2.67. The van der Waals surface area contributed by atoms with E-state index in [2.05, 4.69) is 21.2 Å². The molecule has 1 N–H and O–H groups in total. The standard InChI is InChI=1S/C14H18BrNO3S/c1-20-13(14(18)16-10-17)9-11-3-5-12(6-4-11)19-8-2-7-15/h3-6,10,13H,2,7-9H2,1H3,(H,16,17,18). The van der Waals surface area contributed by atoms with E-state index in [1.807, 2.05) is 30.5 Å². The summed E-state index contributed by atoms with van der Waals surface area (Å²) in [5.74, 6) is 0.567. The maximum absolute atomic E-state index is 11.6. The molecule has 2 amide bonds. The number of carbonyl (C=O) groups is 2. The molecule has 0 bridgehead atoms. The van der Waals surface area contributed by atoms with Crippen LogP contribution in [-0.2, 0) is 16.0 Å². The van der Waals surface area contributed by atoms with E-state index >= 15 is 0 Å². The van der Waals surface area contributed by atoms with Crippen LogP contribution in [0.5, 0.6) is 5.75 Å². The van der Waals surface area contributed by atoms with Crippen molar-refractivity contribution in [2.24, 2.45) is 0 Å². The van der Waals surface area contributed by atoms with E-state index in [-0.39, 0.29) is 11.2 Å². The molecular formula is C14H18BrNO3S. The van der Waals surface area contributed by atoms with Gasteiger partial charge in [-0.1, -0.05) is 28.1 Å². The number of halogens is 1. The summed E-state index contributed by atoms with van der Waals surface area (Å²) >= 11 is 4.78. The number of hydrogen-bond acceptors (Lipinski definition) is 4. The van der Waals surface area contributed by atoms with Crippen molar-refractivity contribution in [1.82, 2.24) is 5.32 Å². The number of alkyl halides is 1. The molecule has 0 aliphatic heterocycles. The molecule has 1 aromatic carbocycles. The minimum absolute atomic E-state index is 0.259. The second-order valence-corrected chi connectivity index (χ2v) is 5.92. The fourth-order valence-corrected chi connectivity index (χ4v) is 2.48. The van der Waals surface area contributed by atoms with Crippen LogP contribution in [0.4, 0.5) is 0 Å². The quantitative estimate of drug-likeness (QED) is 0.417. The minimum atomic E-state index is -0.264. The Morgan fingerprint density at radius 2 is 2.15 bits per heavy atom. The lowest BCUT2D eigenvalue weighted by atomic mass is 10.1. The molecule has 0 aliphatic rings. The molecule has 0 saturated heterocycles. The molecular weight excluding hydrogens is 342 g/mol. The highest BCUT2D eigenvalue weighted by Gasteiger charge is 2.17. The summed E-state index contributed by atoms with van der Waals surface area (Å²) in [7, 11) is 0. The van der Waals surface area contributed by atoms with Crippen LogP contribution in [-0.4, -0.2) is 35.8 Å². The van der Waals surface area contributed by atoms with Crippen LogP contribution >= 0.6 is 27.7 Å². The second kappa shape index (κ2) is 9.83. The smallest absolute Gasteiger partial charge is 0.239 e. The first-order valence-corrected chi connectivity index (χ1v) is 8.66. The van der Waals surface area contributed by atoms with Gasteiger partial charge in [0.15, 0.2) is 0 Å². The van der Waals surface area contributed by atoms with E-state index in [4.69, 9.17) is 4.74 Å². The van der Waals surface area contributed by atoms with E-state index in [9.17, 15) is 9.59 Å². The zero-order chi connectivity index (χ0) is 14.8. The van der Waals surface area contributed by atoms with Crippen molar-refractivity contribution in [3.63, 3.8) is 0 Å². The lowest BCUT2D eigenvalue weighted by Gasteiger charge is -2.12. The molecule has 0 fully saturated rings. The molecule has 1 atom stereocenters.